The van der Waals surface area contributed by atoms with Gasteiger partial charge in [-0.2, -0.15) is 4.98 Å². The van der Waals surface area contributed by atoms with Crippen LogP contribution in [0.15, 0.2) is 9.90 Å². The lowest BCUT2D eigenvalue weighted by molar-refractivity contribution is 0.388. The van der Waals surface area contributed by atoms with E-state index in [1.807, 2.05) is 5.38 Å². The van der Waals surface area contributed by atoms with E-state index in [1.165, 1.54) is 32.1 Å². The van der Waals surface area contributed by atoms with Crippen molar-refractivity contribution in [1.82, 2.24) is 15.1 Å². The first-order valence-electron chi connectivity index (χ1n) is 7.46. The summed E-state index contributed by atoms with van der Waals surface area (Å²) >= 11 is 1.58. The zero-order valence-electron chi connectivity index (χ0n) is 12.5. The van der Waals surface area contributed by atoms with Gasteiger partial charge in [-0.1, -0.05) is 24.4 Å². The maximum atomic E-state index is 12.2. The minimum absolute atomic E-state index is 0.0657. The van der Waals surface area contributed by atoms with Crippen LogP contribution < -0.4 is 0 Å². The molecule has 0 bridgehead atoms. The molecule has 0 spiro atoms. The lowest BCUT2D eigenvalue weighted by Gasteiger charge is -2.18. The monoisotopic (exact) mass is 341 g/mol. The van der Waals surface area contributed by atoms with Crippen LogP contribution >= 0.6 is 11.3 Å². The summed E-state index contributed by atoms with van der Waals surface area (Å²) in [4.78, 5) is 8.48. The summed E-state index contributed by atoms with van der Waals surface area (Å²) in [6.07, 6.45) is 6.13. The first kappa shape index (κ1) is 15.6. The SMILES string of the molecule is Cc1nc(CS(=O)(=O)Cc2csc(C3CCCCC3)n2)no1. The van der Waals surface area contributed by atoms with Crippen molar-refractivity contribution in [1.29, 1.82) is 0 Å². The van der Waals surface area contributed by atoms with Crippen molar-refractivity contribution in [2.75, 3.05) is 0 Å². The third-order valence-electron chi connectivity index (χ3n) is 3.81. The van der Waals surface area contributed by atoms with Gasteiger partial charge in [0.25, 0.3) is 0 Å². The molecule has 3 rings (SSSR count). The zero-order valence-corrected chi connectivity index (χ0v) is 14.1. The summed E-state index contributed by atoms with van der Waals surface area (Å²) in [5, 5.41) is 6.59. The Morgan fingerprint density at radius 1 is 1.23 bits per heavy atom. The van der Waals surface area contributed by atoms with E-state index in [9.17, 15) is 8.42 Å². The minimum atomic E-state index is -3.33. The average Bonchev–Trinajstić information content (AvgIpc) is 3.08. The number of aromatic nitrogens is 3. The fraction of sp³-hybridized carbons (Fsp3) is 0.643. The van der Waals surface area contributed by atoms with Gasteiger partial charge >= 0.3 is 0 Å². The molecule has 0 atom stereocenters. The highest BCUT2D eigenvalue weighted by Gasteiger charge is 2.22. The molecular formula is C14H19N3O3S2. The Hall–Kier alpha value is -1.28. The molecule has 0 amide bonds. The Kier molecular flexibility index (Phi) is 4.58. The average molecular weight is 341 g/mol. The van der Waals surface area contributed by atoms with Gasteiger partial charge in [0.1, 0.15) is 5.75 Å². The molecule has 0 saturated heterocycles. The van der Waals surface area contributed by atoms with Crippen LogP contribution in [0.5, 0.6) is 0 Å². The molecular weight excluding hydrogens is 322 g/mol. The van der Waals surface area contributed by atoms with Crippen molar-refractivity contribution in [3.63, 3.8) is 0 Å². The molecule has 120 valence electrons. The number of rotatable bonds is 5. The van der Waals surface area contributed by atoms with Gasteiger partial charge < -0.3 is 4.52 Å². The fourth-order valence-corrected chi connectivity index (χ4v) is 5.11. The van der Waals surface area contributed by atoms with E-state index in [2.05, 4.69) is 15.1 Å². The van der Waals surface area contributed by atoms with Crippen LogP contribution in [0.3, 0.4) is 0 Å². The number of aryl methyl sites for hydroxylation is 1. The Bertz CT molecular complexity index is 730. The molecule has 0 N–H and O–H groups in total. The normalized spacial score (nSPS) is 17.0. The van der Waals surface area contributed by atoms with Gasteiger partial charge in [0.2, 0.25) is 5.89 Å². The van der Waals surface area contributed by atoms with Gasteiger partial charge in [-0.05, 0) is 12.8 Å². The van der Waals surface area contributed by atoms with E-state index in [4.69, 9.17) is 4.52 Å². The van der Waals surface area contributed by atoms with E-state index in [1.54, 1.807) is 18.3 Å². The van der Waals surface area contributed by atoms with E-state index in [0.717, 1.165) is 5.01 Å². The van der Waals surface area contributed by atoms with E-state index in [-0.39, 0.29) is 17.3 Å². The zero-order chi connectivity index (χ0) is 15.6. The summed E-state index contributed by atoms with van der Waals surface area (Å²) in [7, 11) is -3.33. The second kappa shape index (κ2) is 6.45. The van der Waals surface area contributed by atoms with Crippen molar-refractivity contribution in [2.24, 2.45) is 0 Å². The number of hydrogen-bond acceptors (Lipinski definition) is 7. The van der Waals surface area contributed by atoms with Crippen molar-refractivity contribution >= 4 is 21.2 Å². The lowest BCUT2D eigenvalue weighted by Crippen LogP contribution is -2.10. The molecule has 1 aliphatic rings. The molecule has 8 heteroatoms. The van der Waals surface area contributed by atoms with Crippen molar-refractivity contribution in [3.05, 3.63) is 27.8 Å². The first-order chi connectivity index (χ1) is 10.5. The highest BCUT2D eigenvalue weighted by molar-refractivity contribution is 7.89. The molecule has 22 heavy (non-hydrogen) atoms. The van der Waals surface area contributed by atoms with Gasteiger partial charge in [0, 0.05) is 18.2 Å². The minimum Gasteiger partial charge on any atom is -0.340 e. The van der Waals surface area contributed by atoms with E-state index in [0.29, 0.717) is 17.5 Å². The lowest BCUT2D eigenvalue weighted by atomic mass is 9.90. The van der Waals surface area contributed by atoms with Gasteiger partial charge in [-0.3, -0.25) is 0 Å². The molecule has 6 nitrogen and oxygen atoms in total. The number of nitrogens with zero attached hydrogens (tertiary/aromatic N) is 3. The summed E-state index contributed by atoms with van der Waals surface area (Å²) in [5.74, 6) is 0.818. The van der Waals surface area contributed by atoms with Gasteiger partial charge in [-0.15, -0.1) is 11.3 Å². The van der Waals surface area contributed by atoms with Crippen LogP contribution in [-0.4, -0.2) is 23.5 Å². The van der Waals surface area contributed by atoms with Crippen LogP contribution in [-0.2, 0) is 21.3 Å². The Balaban J connectivity index is 1.66. The van der Waals surface area contributed by atoms with E-state index < -0.39 is 9.84 Å². The number of thiazole rings is 1. The van der Waals surface area contributed by atoms with Crippen molar-refractivity contribution in [3.8, 4) is 0 Å². The van der Waals surface area contributed by atoms with Gasteiger partial charge in [0.15, 0.2) is 15.7 Å². The topological polar surface area (TPSA) is 86.0 Å². The van der Waals surface area contributed by atoms with Crippen LogP contribution in [0.1, 0.15) is 60.4 Å². The van der Waals surface area contributed by atoms with Crippen LogP contribution in [0.4, 0.5) is 0 Å². The summed E-state index contributed by atoms with van der Waals surface area (Å²) in [6, 6.07) is 0. The highest BCUT2D eigenvalue weighted by Crippen LogP contribution is 2.34. The predicted molar refractivity (Wildman–Crippen MR) is 83.3 cm³/mol. The van der Waals surface area contributed by atoms with Crippen LogP contribution in [0.2, 0.25) is 0 Å². The summed E-state index contributed by atoms with van der Waals surface area (Å²) in [6.45, 7) is 1.64. The quantitative estimate of drug-likeness (QED) is 0.831. The van der Waals surface area contributed by atoms with Crippen molar-refractivity contribution < 1.29 is 12.9 Å². The molecule has 0 unspecified atom stereocenters. The summed E-state index contributed by atoms with van der Waals surface area (Å²) in [5.41, 5.74) is 0.630. The molecule has 1 fully saturated rings. The Morgan fingerprint density at radius 2 is 2.00 bits per heavy atom. The molecule has 0 radical (unpaired) electrons. The molecule has 2 aromatic heterocycles. The molecule has 0 aromatic carbocycles. The molecule has 1 aliphatic carbocycles. The highest BCUT2D eigenvalue weighted by atomic mass is 32.2. The Morgan fingerprint density at radius 3 is 2.68 bits per heavy atom. The fourth-order valence-electron chi connectivity index (χ4n) is 2.80. The molecule has 0 aliphatic heterocycles. The molecule has 2 heterocycles. The molecule has 1 saturated carbocycles. The smallest absolute Gasteiger partial charge is 0.223 e. The maximum absolute atomic E-state index is 12.2. The third-order valence-corrected chi connectivity index (χ3v) is 6.30. The molecule has 2 aromatic rings. The standard InChI is InChI=1S/C14H19N3O3S2/c1-10-15-13(17-20-10)9-22(18,19)8-12-7-21-14(16-12)11-5-3-2-4-6-11/h7,11H,2-6,8-9H2,1H3. The van der Waals surface area contributed by atoms with Crippen LogP contribution in [0, 0.1) is 6.92 Å². The maximum Gasteiger partial charge on any atom is 0.223 e. The third kappa shape index (κ3) is 3.92. The van der Waals surface area contributed by atoms with Gasteiger partial charge in [-0.25, -0.2) is 13.4 Å². The largest absolute Gasteiger partial charge is 0.340 e. The number of sulfone groups is 1. The summed E-state index contributed by atoms with van der Waals surface area (Å²) < 4.78 is 29.2. The number of hydrogen-bond donors (Lipinski definition) is 0. The van der Waals surface area contributed by atoms with Crippen LogP contribution in [0.25, 0.3) is 0 Å². The predicted octanol–water partition coefficient (Wildman–Crippen LogP) is 3.00. The second-order valence-corrected chi connectivity index (χ2v) is 8.73. The van der Waals surface area contributed by atoms with Gasteiger partial charge in [0.05, 0.1) is 16.5 Å². The van der Waals surface area contributed by atoms with Crippen molar-refractivity contribution in [2.45, 2.75) is 56.5 Å². The second-order valence-electron chi connectivity index (χ2n) is 5.77. The Labute approximate surface area is 133 Å². The van der Waals surface area contributed by atoms with E-state index >= 15 is 0 Å². The first-order valence-corrected chi connectivity index (χ1v) is 10.2.